The molecule has 6 heteroatoms. The number of rotatable bonds is 4. The predicted molar refractivity (Wildman–Crippen MR) is 62.3 cm³/mol. The lowest BCUT2D eigenvalue weighted by Crippen LogP contribution is -2.17. The number of halogens is 2. The number of aromatic nitrogens is 3. The number of hydrogen-bond acceptors (Lipinski definition) is 4. The molecule has 0 saturated carbocycles. The van der Waals surface area contributed by atoms with Crippen LogP contribution >= 0.6 is 23.2 Å². The Morgan fingerprint density at radius 1 is 1.07 bits per heavy atom. The monoisotopic (exact) mass is 248 g/mol. The highest BCUT2D eigenvalue weighted by molar-refractivity contribution is 6.31. The molecule has 0 saturated heterocycles. The van der Waals surface area contributed by atoms with Crippen LogP contribution in [0.25, 0.3) is 0 Å². The van der Waals surface area contributed by atoms with Gasteiger partial charge in [-0.25, -0.2) is 0 Å². The molecule has 1 N–H and O–H groups in total. The molecule has 0 fully saturated rings. The van der Waals surface area contributed by atoms with Crippen molar-refractivity contribution in [2.24, 2.45) is 11.8 Å². The van der Waals surface area contributed by atoms with Crippen molar-refractivity contribution in [3.05, 3.63) is 10.6 Å². The Bertz CT molecular complexity index is 310. The van der Waals surface area contributed by atoms with Crippen molar-refractivity contribution in [1.82, 2.24) is 15.0 Å². The van der Waals surface area contributed by atoms with Crippen LogP contribution in [0.2, 0.25) is 10.6 Å². The van der Waals surface area contributed by atoms with E-state index < -0.39 is 0 Å². The Morgan fingerprint density at radius 2 is 1.60 bits per heavy atom. The van der Waals surface area contributed by atoms with Crippen molar-refractivity contribution >= 4 is 29.2 Å². The third-order valence-electron chi connectivity index (χ3n) is 2.30. The second-order valence-electron chi connectivity index (χ2n) is 3.80. The van der Waals surface area contributed by atoms with E-state index in [0.29, 0.717) is 17.8 Å². The summed E-state index contributed by atoms with van der Waals surface area (Å²) in [4.78, 5) is 11.5. The fourth-order valence-corrected chi connectivity index (χ4v) is 1.26. The van der Waals surface area contributed by atoms with Gasteiger partial charge in [0.15, 0.2) is 0 Å². The molecule has 0 spiro atoms. The number of nitrogens with one attached hydrogen (secondary N) is 1. The fourth-order valence-electron chi connectivity index (χ4n) is 0.893. The zero-order chi connectivity index (χ0) is 11.4. The molecule has 84 valence electrons. The molecule has 0 aliphatic heterocycles. The van der Waals surface area contributed by atoms with E-state index in [2.05, 4.69) is 41.0 Å². The van der Waals surface area contributed by atoms with Gasteiger partial charge in [-0.3, -0.25) is 0 Å². The summed E-state index contributed by atoms with van der Waals surface area (Å²) in [5, 5.41) is 3.29. The lowest BCUT2D eigenvalue weighted by Gasteiger charge is -2.15. The molecule has 0 aromatic carbocycles. The van der Waals surface area contributed by atoms with Gasteiger partial charge in [0.25, 0.3) is 0 Å². The Kier molecular flexibility index (Phi) is 4.54. The summed E-state index contributed by atoms with van der Waals surface area (Å²) in [7, 11) is 0. The molecule has 1 heterocycles. The average Bonchev–Trinajstić information content (AvgIpc) is 2.12. The molecule has 0 amide bonds. The van der Waals surface area contributed by atoms with Crippen molar-refractivity contribution in [1.29, 1.82) is 0 Å². The van der Waals surface area contributed by atoms with Crippen LogP contribution < -0.4 is 5.32 Å². The molecule has 0 radical (unpaired) electrons. The van der Waals surface area contributed by atoms with Gasteiger partial charge in [-0.2, -0.15) is 15.0 Å². The summed E-state index contributed by atoms with van der Waals surface area (Å²) in [5.41, 5.74) is 0. The summed E-state index contributed by atoms with van der Waals surface area (Å²) in [6.07, 6.45) is 0. The summed E-state index contributed by atoms with van der Waals surface area (Å²) in [6.45, 7) is 7.27. The van der Waals surface area contributed by atoms with E-state index in [1.165, 1.54) is 0 Å². The van der Waals surface area contributed by atoms with Crippen molar-refractivity contribution < 1.29 is 0 Å². The van der Waals surface area contributed by atoms with E-state index >= 15 is 0 Å². The smallest absolute Gasteiger partial charge is 0.228 e. The maximum Gasteiger partial charge on any atom is 0.228 e. The zero-order valence-electron chi connectivity index (χ0n) is 8.96. The first-order chi connectivity index (χ1) is 6.99. The summed E-state index contributed by atoms with van der Waals surface area (Å²) >= 11 is 11.3. The van der Waals surface area contributed by atoms with Crippen LogP contribution in [0.3, 0.4) is 0 Å². The highest BCUT2D eigenvalue weighted by Gasteiger charge is 2.08. The third-order valence-corrected chi connectivity index (χ3v) is 2.64. The van der Waals surface area contributed by atoms with Crippen LogP contribution in [0.1, 0.15) is 20.8 Å². The Morgan fingerprint density at radius 3 is 2.07 bits per heavy atom. The fraction of sp³-hybridized carbons (Fsp3) is 0.667. The number of nitrogens with zero attached hydrogens (tertiary/aromatic N) is 3. The van der Waals surface area contributed by atoms with Gasteiger partial charge in [-0.15, -0.1) is 0 Å². The first-order valence-electron chi connectivity index (χ1n) is 4.80. The van der Waals surface area contributed by atoms with Gasteiger partial charge in [0, 0.05) is 6.54 Å². The van der Waals surface area contributed by atoms with Crippen LogP contribution in [0, 0.1) is 11.8 Å². The Balaban J connectivity index is 2.57. The quantitative estimate of drug-likeness (QED) is 0.891. The van der Waals surface area contributed by atoms with Gasteiger partial charge in [0.2, 0.25) is 16.5 Å². The second kappa shape index (κ2) is 5.47. The minimum atomic E-state index is 0.106. The van der Waals surface area contributed by atoms with Crippen LogP contribution in [-0.4, -0.2) is 21.5 Å². The molecule has 0 bridgehead atoms. The van der Waals surface area contributed by atoms with Crippen LogP contribution in [-0.2, 0) is 0 Å². The van der Waals surface area contributed by atoms with Gasteiger partial charge in [-0.05, 0) is 35.0 Å². The standard InChI is InChI=1S/C9H14Cl2N4/c1-5(2)6(3)4-12-9-14-7(10)13-8(11)15-9/h5-6H,4H2,1-3H3,(H,12,13,14,15). The van der Waals surface area contributed by atoms with Crippen molar-refractivity contribution in [2.45, 2.75) is 20.8 Å². The molecule has 0 aliphatic carbocycles. The van der Waals surface area contributed by atoms with Gasteiger partial charge >= 0.3 is 0 Å². The molecular formula is C9H14Cl2N4. The zero-order valence-corrected chi connectivity index (χ0v) is 10.5. The molecule has 1 aromatic heterocycles. The van der Waals surface area contributed by atoms with Crippen LogP contribution in [0.5, 0.6) is 0 Å². The molecule has 0 aliphatic rings. The summed E-state index contributed by atoms with van der Waals surface area (Å²) in [5.74, 6) is 1.55. The van der Waals surface area contributed by atoms with E-state index in [4.69, 9.17) is 23.2 Å². The number of anilines is 1. The summed E-state index contributed by atoms with van der Waals surface area (Å²) in [6, 6.07) is 0. The molecule has 1 atom stereocenters. The number of hydrogen-bond donors (Lipinski definition) is 1. The van der Waals surface area contributed by atoms with Crippen LogP contribution in [0.4, 0.5) is 5.95 Å². The maximum atomic E-state index is 5.64. The lowest BCUT2D eigenvalue weighted by atomic mass is 9.98. The molecule has 15 heavy (non-hydrogen) atoms. The molecular weight excluding hydrogens is 235 g/mol. The molecule has 1 unspecified atom stereocenters. The predicted octanol–water partition coefficient (Wildman–Crippen LogP) is 2.88. The van der Waals surface area contributed by atoms with E-state index in [9.17, 15) is 0 Å². The SMILES string of the molecule is CC(C)C(C)CNc1nc(Cl)nc(Cl)n1. The Labute approximate surface area is 99.4 Å². The molecule has 1 aromatic rings. The van der Waals surface area contributed by atoms with Crippen molar-refractivity contribution in [3.8, 4) is 0 Å². The van der Waals surface area contributed by atoms with Gasteiger partial charge in [-0.1, -0.05) is 20.8 Å². The second-order valence-corrected chi connectivity index (χ2v) is 4.48. The van der Waals surface area contributed by atoms with Gasteiger partial charge < -0.3 is 5.32 Å². The van der Waals surface area contributed by atoms with Crippen molar-refractivity contribution in [3.63, 3.8) is 0 Å². The first-order valence-corrected chi connectivity index (χ1v) is 5.55. The summed E-state index contributed by atoms with van der Waals surface area (Å²) < 4.78 is 0. The van der Waals surface area contributed by atoms with E-state index in [1.807, 2.05) is 0 Å². The third kappa shape index (κ3) is 4.18. The lowest BCUT2D eigenvalue weighted by molar-refractivity contribution is 0.439. The highest BCUT2D eigenvalue weighted by atomic mass is 35.5. The van der Waals surface area contributed by atoms with Gasteiger partial charge in [0.1, 0.15) is 0 Å². The molecule has 1 rings (SSSR count). The van der Waals surface area contributed by atoms with E-state index in [1.54, 1.807) is 0 Å². The Hall–Kier alpha value is -0.610. The largest absolute Gasteiger partial charge is 0.354 e. The first kappa shape index (κ1) is 12.5. The maximum absolute atomic E-state index is 5.64. The average molecular weight is 249 g/mol. The topological polar surface area (TPSA) is 50.7 Å². The van der Waals surface area contributed by atoms with Gasteiger partial charge in [0.05, 0.1) is 0 Å². The van der Waals surface area contributed by atoms with Crippen LogP contribution in [0.15, 0.2) is 0 Å². The van der Waals surface area contributed by atoms with Crippen molar-refractivity contribution in [2.75, 3.05) is 11.9 Å². The minimum absolute atomic E-state index is 0.106. The molecule has 4 nitrogen and oxygen atoms in total. The normalized spacial score (nSPS) is 12.9. The van der Waals surface area contributed by atoms with E-state index in [0.717, 1.165) is 6.54 Å². The highest BCUT2D eigenvalue weighted by Crippen LogP contribution is 2.12. The minimum Gasteiger partial charge on any atom is -0.354 e. The van der Waals surface area contributed by atoms with E-state index in [-0.39, 0.29) is 10.6 Å².